The van der Waals surface area contributed by atoms with E-state index in [-0.39, 0.29) is 21.4 Å². The molecule has 33 heavy (non-hydrogen) atoms. The van der Waals surface area contributed by atoms with Crippen LogP contribution in [0.3, 0.4) is 0 Å². The number of alkyl halides is 3. The highest BCUT2D eigenvalue weighted by atomic mass is 35.5. The number of ether oxygens (including phenoxy) is 1. The van der Waals surface area contributed by atoms with Crippen LogP contribution in [-0.2, 0) is 20.5 Å². The van der Waals surface area contributed by atoms with E-state index in [1.807, 2.05) is 0 Å². The molecule has 8 heteroatoms. The fraction of sp³-hybridized carbons (Fsp3) is 0.120. The Morgan fingerprint density at radius 1 is 0.909 bits per heavy atom. The summed E-state index contributed by atoms with van der Waals surface area (Å²) in [6, 6.07) is 14.5. The van der Waals surface area contributed by atoms with Gasteiger partial charge in [-0.3, -0.25) is 9.59 Å². The molecular formula is C25H15Cl2F3O3. The second kappa shape index (κ2) is 8.69. The Kier molecular flexibility index (Phi) is 6.08. The lowest BCUT2D eigenvalue weighted by atomic mass is 9.93. The van der Waals surface area contributed by atoms with Crippen molar-refractivity contribution in [2.75, 3.05) is 0 Å². The van der Waals surface area contributed by atoms with Crippen LogP contribution in [-0.4, -0.2) is 11.8 Å². The van der Waals surface area contributed by atoms with Crippen molar-refractivity contribution in [3.05, 3.63) is 98.7 Å². The number of Topliss-reactive ketones (excluding diaryl/α,β-unsaturated/α-hetero) is 1. The van der Waals surface area contributed by atoms with Crippen molar-refractivity contribution in [1.82, 2.24) is 0 Å². The van der Waals surface area contributed by atoms with E-state index in [0.29, 0.717) is 22.3 Å². The number of esters is 1. The zero-order valence-electron chi connectivity index (χ0n) is 17.0. The molecule has 0 bridgehead atoms. The highest BCUT2D eigenvalue weighted by Gasteiger charge is 2.41. The third kappa shape index (κ3) is 4.68. The normalized spacial score (nSPS) is 17.5. The third-order valence-corrected chi connectivity index (χ3v) is 5.68. The topological polar surface area (TPSA) is 43.4 Å². The highest BCUT2D eigenvalue weighted by Crippen LogP contribution is 2.39. The average molecular weight is 491 g/mol. The molecule has 3 nitrogen and oxygen atoms in total. The van der Waals surface area contributed by atoms with Gasteiger partial charge in [-0.15, -0.1) is 0 Å². The first-order valence-corrected chi connectivity index (χ1v) is 10.5. The lowest BCUT2D eigenvalue weighted by molar-refractivity contribution is -0.138. The molecule has 1 saturated heterocycles. The molecule has 4 rings (SSSR count). The van der Waals surface area contributed by atoms with Gasteiger partial charge in [0.25, 0.3) is 0 Å². The number of halogens is 5. The van der Waals surface area contributed by atoms with Crippen molar-refractivity contribution in [3.63, 3.8) is 0 Å². The van der Waals surface area contributed by atoms with Gasteiger partial charge < -0.3 is 4.74 Å². The largest absolute Gasteiger partial charge is 0.422 e. The number of ketones is 1. The summed E-state index contributed by atoms with van der Waals surface area (Å²) in [5.74, 6) is -2.66. The van der Waals surface area contributed by atoms with Crippen molar-refractivity contribution in [2.45, 2.75) is 19.0 Å². The minimum atomic E-state index is -4.49. The molecule has 0 aliphatic carbocycles. The van der Waals surface area contributed by atoms with E-state index in [4.69, 9.17) is 27.9 Å². The molecule has 1 heterocycles. The number of carbonyl (C=O) groups is 2. The van der Waals surface area contributed by atoms with Gasteiger partial charge in [0.05, 0.1) is 5.56 Å². The van der Waals surface area contributed by atoms with Gasteiger partial charge in [0, 0.05) is 10.0 Å². The maximum absolute atomic E-state index is 13.4. The fourth-order valence-electron chi connectivity index (χ4n) is 3.79. The first kappa shape index (κ1) is 23.1. The summed E-state index contributed by atoms with van der Waals surface area (Å²) < 4.78 is 45.4. The monoisotopic (exact) mass is 490 g/mol. The Morgan fingerprint density at radius 3 is 2.21 bits per heavy atom. The second-order valence-corrected chi connectivity index (χ2v) is 8.42. The Balaban J connectivity index is 1.67. The van der Waals surface area contributed by atoms with E-state index in [1.165, 1.54) is 36.4 Å². The van der Waals surface area contributed by atoms with Crippen molar-refractivity contribution >= 4 is 41.0 Å². The Bertz CT molecular complexity index is 1290. The Morgan fingerprint density at radius 2 is 1.58 bits per heavy atom. The molecule has 1 unspecified atom stereocenters. The van der Waals surface area contributed by atoms with Gasteiger partial charge in [0.1, 0.15) is 5.92 Å². The van der Waals surface area contributed by atoms with Crippen LogP contribution in [0.2, 0.25) is 10.0 Å². The molecule has 0 amide bonds. The number of benzene rings is 3. The fourth-order valence-corrected chi connectivity index (χ4v) is 4.34. The van der Waals surface area contributed by atoms with Crippen LogP contribution in [0.1, 0.15) is 28.2 Å². The van der Waals surface area contributed by atoms with Crippen molar-refractivity contribution in [1.29, 1.82) is 0 Å². The maximum atomic E-state index is 13.4. The molecule has 0 N–H and O–H groups in total. The van der Waals surface area contributed by atoms with Crippen LogP contribution in [0.25, 0.3) is 17.2 Å². The first-order valence-electron chi connectivity index (χ1n) is 9.75. The summed E-state index contributed by atoms with van der Waals surface area (Å²) in [7, 11) is 0. The van der Waals surface area contributed by atoms with Gasteiger partial charge in [-0.1, -0.05) is 59.6 Å². The van der Waals surface area contributed by atoms with Crippen molar-refractivity contribution < 1.29 is 27.5 Å². The van der Waals surface area contributed by atoms with Crippen LogP contribution < -0.4 is 0 Å². The molecule has 168 valence electrons. The van der Waals surface area contributed by atoms with Crippen LogP contribution in [0, 0.1) is 6.92 Å². The average Bonchev–Trinajstić information content (AvgIpc) is 2.99. The number of aryl methyl sites for hydroxylation is 1. The van der Waals surface area contributed by atoms with E-state index in [1.54, 1.807) is 31.2 Å². The van der Waals surface area contributed by atoms with Crippen LogP contribution in [0.5, 0.6) is 0 Å². The molecule has 1 atom stereocenters. The second-order valence-electron chi connectivity index (χ2n) is 7.55. The van der Waals surface area contributed by atoms with Gasteiger partial charge in [-0.2, -0.15) is 13.2 Å². The van der Waals surface area contributed by atoms with Gasteiger partial charge >= 0.3 is 12.1 Å². The molecule has 0 saturated carbocycles. The Labute approximate surface area is 197 Å². The Hall–Kier alpha value is -3.09. The predicted octanol–water partition coefficient (Wildman–Crippen LogP) is 7.24. The number of cyclic esters (lactones) is 1. The molecule has 0 radical (unpaired) electrons. The third-order valence-electron chi connectivity index (χ3n) is 5.24. The zero-order valence-corrected chi connectivity index (χ0v) is 18.6. The van der Waals surface area contributed by atoms with E-state index < -0.39 is 29.4 Å². The molecule has 1 fully saturated rings. The van der Waals surface area contributed by atoms with Crippen molar-refractivity contribution in [2.24, 2.45) is 0 Å². The number of hydrogen-bond donors (Lipinski definition) is 0. The SMILES string of the molecule is Cc1cc(/C=C2\OC(=O)C(c3cc(Cl)cc(Cl)c3)C2=O)ccc1-c1ccccc1C(F)(F)F. The number of rotatable bonds is 3. The standard InChI is InChI=1S/C25H15Cl2F3O3/c1-13-8-14(6-7-18(13)19-4-2-3-5-20(19)25(28,29)30)9-21-23(31)22(24(32)33-21)15-10-16(26)12-17(27)11-15/h2-12,22H,1H3/b21-9-. The minimum Gasteiger partial charge on any atom is -0.422 e. The molecule has 0 spiro atoms. The lowest BCUT2D eigenvalue weighted by Crippen LogP contribution is -2.12. The van der Waals surface area contributed by atoms with Crippen LogP contribution >= 0.6 is 23.2 Å². The summed E-state index contributed by atoms with van der Waals surface area (Å²) in [6.45, 7) is 1.67. The van der Waals surface area contributed by atoms with Gasteiger partial charge in [-0.25, -0.2) is 0 Å². The van der Waals surface area contributed by atoms with Crippen LogP contribution in [0.15, 0.2) is 66.4 Å². The summed E-state index contributed by atoms with van der Waals surface area (Å²) in [5, 5.41) is 0.557. The summed E-state index contributed by atoms with van der Waals surface area (Å²) in [4.78, 5) is 25.2. The maximum Gasteiger partial charge on any atom is 0.417 e. The summed E-state index contributed by atoms with van der Waals surface area (Å²) in [5.41, 5.74) is 1.12. The summed E-state index contributed by atoms with van der Waals surface area (Å²) in [6.07, 6.45) is -3.11. The molecule has 3 aromatic carbocycles. The minimum absolute atomic E-state index is 0.0583. The van der Waals surface area contributed by atoms with Gasteiger partial charge in [0.2, 0.25) is 5.78 Å². The number of hydrogen-bond acceptors (Lipinski definition) is 3. The molecule has 1 aliphatic heterocycles. The molecule has 1 aliphatic rings. The lowest BCUT2D eigenvalue weighted by Gasteiger charge is -2.15. The van der Waals surface area contributed by atoms with Gasteiger partial charge in [0.15, 0.2) is 5.76 Å². The van der Waals surface area contributed by atoms with Crippen molar-refractivity contribution in [3.8, 4) is 11.1 Å². The van der Waals surface area contributed by atoms with E-state index >= 15 is 0 Å². The highest BCUT2D eigenvalue weighted by molar-refractivity contribution is 6.35. The number of carbonyl (C=O) groups excluding carboxylic acids is 2. The quantitative estimate of drug-likeness (QED) is 0.221. The smallest absolute Gasteiger partial charge is 0.417 e. The molecular weight excluding hydrogens is 476 g/mol. The number of allylic oxidation sites excluding steroid dienone is 1. The zero-order chi connectivity index (χ0) is 23.9. The molecule has 3 aromatic rings. The van der Waals surface area contributed by atoms with Gasteiger partial charge in [-0.05, 0) is 65.1 Å². The molecule has 0 aromatic heterocycles. The predicted molar refractivity (Wildman–Crippen MR) is 120 cm³/mol. The van der Waals surface area contributed by atoms with Crippen LogP contribution in [0.4, 0.5) is 13.2 Å². The van der Waals surface area contributed by atoms with E-state index in [2.05, 4.69) is 0 Å². The first-order chi connectivity index (χ1) is 15.5. The van der Waals surface area contributed by atoms with E-state index in [0.717, 1.165) is 6.07 Å². The van der Waals surface area contributed by atoms with E-state index in [9.17, 15) is 22.8 Å². The summed E-state index contributed by atoms with van der Waals surface area (Å²) >= 11 is 12.0.